The number of amides is 2. The van der Waals surface area contributed by atoms with E-state index in [9.17, 15) is 9.59 Å². The summed E-state index contributed by atoms with van der Waals surface area (Å²) in [6.45, 7) is 2.33. The van der Waals surface area contributed by atoms with Gasteiger partial charge in [0.1, 0.15) is 5.65 Å². The van der Waals surface area contributed by atoms with E-state index in [1.807, 2.05) is 43.7 Å². The quantitative estimate of drug-likeness (QED) is 0.392. The van der Waals surface area contributed by atoms with Gasteiger partial charge in [-0.1, -0.05) is 6.07 Å². The van der Waals surface area contributed by atoms with Gasteiger partial charge in [0.15, 0.2) is 0 Å². The summed E-state index contributed by atoms with van der Waals surface area (Å²) in [6.07, 6.45) is 3.68. The zero-order chi connectivity index (χ0) is 26.4. The zero-order valence-corrected chi connectivity index (χ0v) is 21.7. The number of aromatic nitrogens is 4. The molecule has 9 nitrogen and oxygen atoms in total. The second-order valence-electron chi connectivity index (χ2n) is 9.97. The van der Waals surface area contributed by atoms with Gasteiger partial charge in [-0.05, 0) is 59.7 Å². The van der Waals surface area contributed by atoms with E-state index in [0.29, 0.717) is 25.2 Å². The monoisotopic (exact) mass is 507 g/mol. The van der Waals surface area contributed by atoms with Crippen LogP contribution < -0.4 is 4.90 Å². The summed E-state index contributed by atoms with van der Waals surface area (Å²) in [5.74, 6) is -0.00347. The number of carbonyl (C=O) groups is 2. The average molecular weight is 508 g/mol. The van der Waals surface area contributed by atoms with Crippen LogP contribution in [0.5, 0.6) is 0 Å². The first-order chi connectivity index (χ1) is 18.4. The summed E-state index contributed by atoms with van der Waals surface area (Å²) in [7, 11) is 5.49. The fourth-order valence-electron chi connectivity index (χ4n) is 5.19. The lowest BCUT2D eigenvalue weighted by molar-refractivity contribution is -0.121. The van der Waals surface area contributed by atoms with Crippen LogP contribution in [-0.4, -0.2) is 75.1 Å². The van der Waals surface area contributed by atoms with E-state index < -0.39 is 0 Å². The molecule has 0 spiro atoms. The van der Waals surface area contributed by atoms with Gasteiger partial charge in [0.25, 0.3) is 5.91 Å². The number of nitrogens with one attached hydrogen (secondary N) is 1. The van der Waals surface area contributed by atoms with E-state index in [4.69, 9.17) is 0 Å². The highest BCUT2D eigenvalue weighted by Crippen LogP contribution is 2.31. The predicted molar refractivity (Wildman–Crippen MR) is 148 cm³/mol. The topological polar surface area (TPSA) is 90.4 Å². The molecule has 38 heavy (non-hydrogen) atoms. The van der Waals surface area contributed by atoms with Crippen molar-refractivity contribution in [1.29, 1.82) is 0 Å². The van der Waals surface area contributed by atoms with Gasteiger partial charge in [-0.3, -0.25) is 19.6 Å². The number of fused-ring (bicyclic) bond motifs is 2. The Balaban J connectivity index is 1.20. The van der Waals surface area contributed by atoms with Gasteiger partial charge >= 0.3 is 0 Å². The number of pyridine rings is 1. The summed E-state index contributed by atoms with van der Waals surface area (Å²) >= 11 is 0. The molecule has 5 aromatic rings. The Kier molecular flexibility index (Phi) is 5.92. The molecule has 192 valence electrons. The van der Waals surface area contributed by atoms with Gasteiger partial charge in [-0.25, -0.2) is 4.98 Å². The molecule has 0 atom stereocenters. The highest BCUT2D eigenvalue weighted by atomic mass is 16.2. The Bertz CT molecular complexity index is 1670. The average Bonchev–Trinajstić information content (AvgIpc) is 3.52. The maximum Gasteiger partial charge on any atom is 0.253 e. The first kappa shape index (κ1) is 23.9. The number of anilines is 1. The Labute approximate surface area is 220 Å². The van der Waals surface area contributed by atoms with E-state index in [0.717, 1.165) is 51.0 Å². The number of rotatable bonds is 5. The number of benzene rings is 2. The zero-order valence-electron chi connectivity index (χ0n) is 21.7. The van der Waals surface area contributed by atoms with Crippen LogP contribution in [0.4, 0.5) is 5.69 Å². The van der Waals surface area contributed by atoms with Crippen molar-refractivity contribution in [2.75, 3.05) is 38.6 Å². The lowest BCUT2D eigenvalue weighted by Gasteiger charge is -2.34. The van der Waals surface area contributed by atoms with Crippen LogP contribution >= 0.6 is 0 Å². The van der Waals surface area contributed by atoms with E-state index in [1.165, 1.54) is 0 Å². The molecule has 1 fully saturated rings. The summed E-state index contributed by atoms with van der Waals surface area (Å²) in [6, 6.07) is 17.8. The maximum absolute atomic E-state index is 13.1. The standard InChI is InChI=1S/C29H29N7O2/c1-33(2)29(38)19-4-7-22(8-5-19)36-13-12-35(18-27(36)37)17-23-15-25-24(10-11-30-28(25)34(23)3)20-6-9-26-21(14-20)16-31-32-26/h4-11,14-16H,12-13,17-18H2,1-3H3,(H,31,32). The molecule has 2 aromatic carbocycles. The summed E-state index contributed by atoms with van der Waals surface area (Å²) in [5.41, 5.74) is 6.70. The smallest absolute Gasteiger partial charge is 0.253 e. The highest BCUT2D eigenvalue weighted by molar-refractivity contribution is 5.98. The van der Waals surface area contributed by atoms with Crippen LogP contribution in [0, 0.1) is 0 Å². The molecular weight excluding hydrogens is 478 g/mol. The van der Waals surface area contributed by atoms with Crippen molar-refractivity contribution < 1.29 is 9.59 Å². The van der Waals surface area contributed by atoms with Gasteiger partial charge in [-0.2, -0.15) is 5.10 Å². The molecule has 1 N–H and O–H groups in total. The largest absolute Gasteiger partial charge is 0.345 e. The maximum atomic E-state index is 13.1. The molecule has 9 heteroatoms. The Morgan fingerprint density at radius 3 is 2.63 bits per heavy atom. The lowest BCUT2D eigenvalue weighted by atomic mass is 10.0. The number of hydrogen-bond acceptors (Lipinski definition) is 5. The minimum absolute atomic E-state index is 0.0499. The first-order valence-electron chi connectivity index (χ1n) is 12.6. The normalized spacial score (nSPS) is 14.5. The SMILES string of the molecule is CN(C)C(=O)c1ccc(N2CCN(Cc3cc4c(-c5ccc6[nH]ncc6c5)ccnc4n3C)CC2=O)cc1. The molecule has 3 aromatic heterocycles. The number of aryl methyl sites for hydroxylation is 1. The fraction of sp³-hybridized carbons (Fsp3) is 0.241. The molecular formula is C29H29N7O2. The van der Waals surface area contributed by atoms with Crippen molar-refractivity contribution in [3.63, 3.8) is 0 Å². The van der Waals surface area contributed by atoms with E-state index in [2.05, 4.69) is 42.8 Å². The van der Waals surface area contributed by atoms with Gasteiger partial charge in [-0.15, -0.1) is 0 Å². The number of H-pyrrole nitrogens is 1. The van der Waals surface area contributed by atoms with Crippen LogP contribution in [0.3, 0.4) is 0 Å². The number of hydrogen-bond donors (Lipinski definition) is 1. The van der Waals surface area contributed by atoms with Crippen molar-refractivity contribution in [3.8, 4) is 11.1 Å². The number of nitrogens with zero attached hydrogens (tertiary/aromatic N) is 6. The van der Waals surface area contributed by atoms with Crippen LogP contribution in [0.15, 0.2) is 67.0 Å². The fourth-order valence-corrected chi connectivity index (χ4v) is 5.19. The van der Waals surface area contributed by atoms with Gasteiger partial charge in [0, 0.05) is 74.7 Å². The third-order valence-electron chi connectivity index (χ3n) is 7.30. The molecule has 0 bridgehead atoms. The van der Waals surface area contributed by atoms with Gasteiger partial charge in [0.2, 0.25) is 5.91 Å². The minimum Gasteiger partial charge on any atom is -0.345 e. The number of carbonyl (C=O) groups excluding carboxylic acids is 2. The van der Waals surface area contributed by atoms with Gasteiger partial charge in [0.05, 0.1) is 18.3 Å². The van der Waals surface area contributed by atoms with E-state index in [-0.39, 0.29) is 11.8 Å². The summed E-state index contributed by atoms with van der Waals surface area (Å²) in [4.78, 5) is 35.4. The summed E-state index contributed by atoms with van der Waals surface area (Å²) in [5, 5.41) is 9.30. The molecule has 2 amide bonds. The van der Waals surface area contributed by atoms with Crippen molar-refractivity contribution in [3.05, 3.63) is 78.2 Å². The molecule has 1 saturated heterocycles. The van der Waals surface area contributed by atoms with Crippen LogP contribution in [0.2, 0.25) is 0 Å². The Hall–Kier alpha value is -4.50. The predicted octanol–water partition coefficient (Wildman–Crippen LogP) is 3.67. The van der Waals surface area contributed by atoms with Crippen molar-refractivity contribution >= 4 is 39.4 Å². The Morgan fingerprint density at radius 2 is 1.87 bits per heavy atom. The molecule has 0 radical (unpaired) electrons. The second-order valence-corrected chi connectivity index (χ2v) is 9.97. The molecule has 1 aliphatic rings. The van der Waals surface area contributed by atoms with Crippen molar-refractivity contribution in [2.45, 2.75) is 6.54 Å². The Morgan fingerprint density at radius 1 is 1.05 bits per heavy atom. The van der Waals surface area contributed by atoms with E-state index in [1.54, 1.807) is 36.0 Å². The highest BCUT2D eigenvalue weighted by Gasteiger charge is 2.26. The van der Waals surface area contributed by atoms with E-state index >= 15 is 0 Å². The van der Waals surface area contributed by atoms with Crippen molar-refractivity contribution in [2.24, 2.45) is 7.05 Å². The molecule has 4 heterocycles. The second kappa shape index (κ2) is 9.42. The third kappa shape index (κ3) is 4.20. The molecule has 0 saturated carbocycles. The van der Waals surface area contributed by atoms with Gasteiger partial charge < -0.3 is 14.4 Å². The van der Waals surface area contributed by atoms with Crippen LogP contribution in [0.1, 0.15) is 16.1 Å². The van der Waals surface area contributed by atoms with Crippen LogP contribution in [0.25, 0.3) is 33.1 Å². The number of aromatic amines is 1. The first-order valence-corrected chi connectivity index (χ1v) is 12.6. The minimum atomic E-state index is -0.0534. The van der Waals surface area contributed by atoms with Crippen molar-refractivity contribution in [1.82, 2.24) is 29.5 Å². The molecule has 1 aliphatic heterocycles. The third-order valence-corrected chi connectivity index (χ3v) is 7.30. The molecule has 0 aliphatic carbocycles. The number of piperazine rings is 1. The molecule has 6 rings (SSSR count). The lowest BCUT2D eigenvalue weighted by Crippen LogP contribution is -2.50. The molecule has 0 unspecified atom stereocenters. The summed E-state index contributed by atoms with van der Waals surface area (Å²) < 4.78 is 2.12. The van der Waals surface area contributed by atoms with Crippen LogP contribution in [-0.2, 0) is 18.4 Å².